The zero-order chi connectivity index (χ0) is 17.5. The standard InChI is InChI=1S/C19H22ClN3O2/c20-17-9-8-16(18(24)22-15-6-2-1-3-7-15)19(23-17)25-12-10-14-5-4-11-21-13-14/h4-5,8-9,11,13,15H,1-3,6-7,10,12H2,(H,22,24). The number of hydrogen-bond donors (Lipinski definition) is 1. The molecular weight excluding hydrogens is 338 g/mol. The molecule has 0 radical (unpaired) electrons. The van der Waals surface area contributed by atoms with Crippen LogP contribution in [0.1, 0.15) is 48.0 Å². The Kier molecular flexibility index (Phi) is 6.23. The largest absolute Gasteiger partial charge is 0.477 e. The Morgan fingerprint density at radius 3 is 2.84 bits per heavy atom. The number of aromatic nitrogens is 2. The van der Waals surface area contributed by atoms with E-state index >= 15 is 0 Å². The molecule has 1 aliphatic carbocycles. The zero-order valence-corrected chi connectivity index (χ0v) is 14.8. The minimum Gasteiger partial charge on any atom is -0.477 e. The normalized spacial score (nSPS) is 14.9. The minimum absolute atomic E-state index is 0.146. The summed E-state index contributed by atoms with van der Waals surface area (Å²) in [7, 11) is 0. The van der Waals surface area contributed by atoms with Gasteiger partial charge in [0, 0.05) is 24.9 Å². The predicted octanol–water partition coefficient (Wildman–Crippen LogP) is 3.81. The SMILES string of the molecule is O=C(NC1CCCCC1)c1ccc(Cl)nc1OCCc1cccnc1. The summed E-state index contributed by atoms with van der Waals surface area (Å²) in [4.78, 5) is 20.9. The van der Waals surface area contributed by atoms with Gasteiger partial charge in [-0.1, -0.05) is 36.9 Å². The number of amides is 1. The summed E-state index contributed by atoms with van der Waals surface area (Å²) in [6.45, 7) is 0.406. The summed E-state index contributed by atoms with van der Waals surface area (Å²) in [5.41, 5.74) is 1.50. The number of pyridine rings is 2. The van der Waals surface area contributed by atoms with Gasteiger partial charge >= 0.3 is 0 Å². The molecular formula is C19H22ClN3O2. The highest BCUT2D eigenvalue weighted by Gasteiger charge is 2.20. The number of rotatable bonds is 6. The lowest BCUT2D eigenvalue weighted by atomic mass is 9.95. The van der Waals surface area contributed by atoms with E-state index in [0.29, 0.717) is 23.7 Å². The first-order valence-corrected chi connectivity index (χ1v) is 9.09. The van der Waals surface area contributed by atoms with E-state index < -0.39 is 0 Å². The maximum Gasteiger partial charge on any atom is 0.256 e. The molecule has 0 aliphatic heterocycles. The van der Waals surface area contributed by atoms with Crippen LogP contribution < -0.4 is 10.1 Å². The Morgan fingerprint density at radius 2 is 2.08 bits per heavy atom. The Hall–Kier alpha value is -2.14. The van der Waals surface area contributed by atoms with Crippen LogP contribution in [0.25, 0.3) is 0 Å². The molecule has 132 valence electrons. The summed E-state index contributed by atoms with van der Waals surface area (Å²) in [6, 6.07) is 7.40. The Labute approximate surface area is 152 Å². The molecule has 5 nitrogen and oxygen atoms in total. The first kappa shape index (κ1) is 17.7. The van der Waals surface area contributed by atoms with Crippen LogP contribution in [0.5, 0.6) is 5.88 Å². The minimum atomic E-state index is -0.146. The van der Waals surface area contributed by atoms with Crippen LogP contribution >= 0.6 is 11.6 Å². The van der Waals surface area contributed by atoms with Crippen molar-refractivity contribution in [2.24, 2.45) is 0 Å². The van der Waals surface area contributed by atoms with Gasteiger partial charge in [-0.3, -0.25) is 9.78 Å². The highest BCUT2D eigenvalue weighted by molar-refractivity contribution is 6.29. The molecule has 25 heavy (non-hydrogen) atoms. The van der Waals surface area contributed by atoms with Gasteiger partial charge in [0.25, 0.3) is 5.91 Å². The lowest BCUT2D eigenvalue weighted by molar-refractivity contribution is 0.0922. The fourth-order valence-corrected chi connectivity index (χ4v) is 3.16. The fraction of sp³-hybridized carbons (Fsp3) is 0.421. The zero-order valence-electron chi connectivity index (χ0n) is 14.1. The third-order valence-corrected chi connectivity index (χ3v) is 4.57. The first-order valence-electron chi connectivity index (χ1n) is 8.71. The van der Waals surface area contributed by atoms with Gasteiger partial charge in [0.15, 0.2) is 0 Å². The van der Waals surface area contributed by atoms with Crippen molar-refractivity contribution in [1.29, 1.82) is 0 Å². The van der Waals surface area contributed by atoms with Gasteiger partial charge in [-0.05, 0) is 36.6 Å². The molecule has 0 bridgehead atoms. The van der Waals surface area contributed by atoms with Gasteiger partial charge < -0.3 is 10.1 Å². The summed E-state index contributed by atoms with van der Waals surface area (Å²) in [5.74, 6) is 0.136. The van der Waals surface area contributed by atoms with Gasteiger partial charge in [0.05, 0.1) is 6.61 Å². The molecule has 0 saturated heterocycles. The topological polar surface area (TPSA) is 64.1 Å². The lowest BCUT2D eigenvalue weighted by Gasteiger charge is -2.23. The van der Waals surface area contributed by atoms with E-state index in [1.807, 2.05) is 12.1 Å². The average Bonchev–Trinajstić information content (AvgIpc) is 2.63. The van der Waals surface area contributed by atoms with E-state index in [9.17, 15) is 4.79 Å². The number of nitrogens with zero attached hydrogens (tertiary/aromatic N) is 2. The van der Waals surface area contributed by atoms with Gasteiger partial charge in [-0.15, -0.1) is 0 Å². The summed E-state index contributed by atoms with van der Waals surface area (Å²) in [6.07, 6.45) is 9.86. The van der Waals surface area contributed by atoms with Crippen molar-refractivity contribution in [3.8, 4) is 5.88 Å². The van der Waals surface area contributed by atoms with Crippen LogP contribution in [0.3, 0.4) is 0 Å². The van der Waals surface area contributed by atoms with Crippen LogP contribution in [0.4, 0.5) is 0 Å². The van der Waals surface area contributed by atoms with E-state index in [0.717, 1.165) is 31.2 Å². The van der Waals surface area contributed by atoms with Crippen molar-refractivity contribution in [3.05, 3.63) is 52.9 Å². The van der Waals surface area contributed by atoms with Crippen molar-refractivity contribution in [2.75, 3.05) is 6.61 Å². The van der Waals surface area contributed by atoms with Crippen molar-refractivity contribution in [3.63, 3.8) is 0 Å². The number of nitrogens with one attached hydrogen (secondary N) is 1. The molecule has 1 aliphatic rings. The molecule has 2 heterocycles. The Morgan fingerprint density at radius 1 is 1.24 bits per heavy atom. The highest BCUT2D eigenvalue weighted by Crippen LogP contribution is 2.22. The van der Waals surface area contributed by atoms with E-state index in [1.54, 1.807) is 24.5 Å². The van der Waals surface area contributed by atoms with Crippen LogP contribution in [0.2, 0.25) is 5.15 Å². The molecule has 0 unspecified atom stereocenters. The van der Waals surface area contributed by atoms with Crippen LogP contribution in [0.15, 0.2) is 36.7 Å². The molecule has 2 aromatic heterocycles. The summed E-state index contributed by atoms with van der Waals surface area (Å²) in [5, 5.41) is 3.40. The van der Waals surface area contributed by atoms with Crippen LogP contribution in [-0.2, 0) is 6.42 Å². The van der Waals surface area contributed by atoms with Crippen LogP contribution in [-0.4, -0.2) is 28.5 Å². The average molecular weight is 360 g/mol. The predicted molar refractivity (Wildman–Crippen MR) is 97.0 cm³/mol. The molecule has 3 rings (SSSR count). The molecule has 1 fully saturated rings. The molecule has 1 N–H and O–H groups in total. The van der Waals surface area contributed by atoms with E-state index in [-0.39, 0.29) is 17.8 Å². The molecule has 1 amide bonds. The monoisotopic (exact) mass is 359 g/mol. The first-order chi connectivity index (χ1) is 12.2. The highest BCUT2D eigenvalue weighted by atomic mass is 35.5. The summed E-state index contributed by atoms with van der Waals surface area (Å²) < 4.78 is 5.75. The number of carbonyl (C=O) groups is 1. The molecule has 1 saturated carbocycles. The van der Waals surface area contributed by atoms with Gasteiger partial charge in [0.2, 0.25) is 5.88 Å². The number of ether oxygens (including phenoxy) is 1. The molecule has 0 atom stereocenters. The van der Waals surface area contributed by atoms with E-state index in [4.69, 9.17) is 16.3 Å². The lowest BCUT2D eigenvalue weighted by Crippen LogP contribution is -2.36. The molecule has 6 heteroatoms. The smallest absolute Gasteiger partial charge is 0.256 e. The second kappa shape index (κ2) is 8.81. The number of halogens is 1. The number of carbonyl (C=O) groups excluding carboxylic acids is 1. The second-order valence-corrected chi connectivity index (χ2v) is 6.64. The molecule has 0 spiro atoms. The van der Waals surface area contributed by atoms with Crippen molar-refractivity contribution < 1.29 is 9.53 Å². The second-order valence-electron chi connectivity index (χ2n) is 6.25. The third kappa shape index (κ3) is 5.16. The van der Waals surface area contributed by atoms with Crippen molar-refractivity contribution in [2.45, 2.75) is 44.6 Å². The van der Waals surface area contributed by atoms with Crippen LogP contribution in [0, 0.1) is 0 Å². The fourth-order valence-electron chi connectivity index (χ4n) is 3.02. The van der Waals surface area contributed by atoms with Crippen molar-refractivity contribution >= 4 is 17.5 Å². The quantitative estimate of drug-likeness (QED) is 0.796. The maximum atomic E-state index is 12.6. The van der Waals surface area contributed by atoms with Crippen molar-refractivity contribution in [1.82, 2.24) is 15.3 Å². The summed E-state index contributed by atoms with van der Waals surface area (Å²) >= 11 is 5.98. The third-order valence-electron chi connectivity index (χ3n) is 4.36. The molecule has 2 aromatic rings. The van der Waals surface area contributed by atoms with E-state index in [1.165, 1.54) is 6.42 Å². The van der Waals surface area contributed by atoms with Gasteiger partial charge in [0.1, 0.15) is 10.7 Å². The Bertz CT molecular complexity index is 703. The van der Waals surface area contributed by atoms with E-state index in [2.05, 4.69) is 15.3 Å². The van der Waals surface area contributed by atoms with Gasteiger partial charge in [-0.2, -0.15) is 0 Å². The Balaban J connectivity index is 1.63. The maximum absolute atomic E-state index is 12.6. The number of hydrogen-bond acceptors (Lipinski definition) is 4. The van der Waals surface area contributed by atoms with Gasteiger partial charge in [-0.25, -0.2) is 4.98 Å². The molecule has 0 aromatic carbocycles.